The number of likely N-dealkylation sites (tertiary alicyclic amines) is 1. The minimum absolute atomic E-state index is 0.154. The van der Waals surface area contributed by atoms with Crippen LogP contribution >= 0.6 is 0 Å². The van der Waals surface area contributed by atoms with E-state index in [4.69, 9.17) is 4.74 Å². The first-order valence-corrected chi connectivity index (χ1v) is 6.44. The van der Waals surface area contributed by atoms with E-state index in [1.165, 1.54) is 4.90 Å². The van der Waals surface area contributed by atoms with Crippen LogP contribution in [-0.4, -0.2) is 41.5 Å². The highest BCUT2D eigenvalue weighted by Gasteiger charge is 2.27. The van der Waals surface area contributed by atoms with Crippen molar-refractivity contribution in [2.75, 3.05) is 13.1 Å². The van der Waals surface area contributed by atoms with Crippen LogP contribution in [0.5, 0.6) is 0 Å². The molecule has 0 unspecified atom stereocenters. The van der Waals surface area contributed by atoms with Crippen LogP contribution in [0.3, 0.4) is 0 Å². The molecule has 0 aromatic heterocycles. The predicted octanol–water partition coefficient (Wildman–Crippen LogP) is 2.12. The number of aliphatic hydroxyl groups is 1. The molecule has 1 amide bonds. The number of amides is 1. The van der Waals surface area contributed by atoms with Gasteiger partial charge >= 0.3 is 6.09 Å². The lowest BCUT2D eigenvalue weighted by molar-refractivity contribution is 0.0749. The van der Waals surface area contributed by atoms with Gasteiger partial charge in [-0.05, 0) is 18.4 Å². The fraction of sp³-hybridized carbons (Fsp3) is 0.500. The Hall–Kier alpha value is -1.62. The van der Waals surface area contributed by atoms with E-state index in [-0.39, 0.29) is 26.0 Å². The molecule has 2 rings (SSSR count). The van der Waals surface area contributed by atoms with Gasteiger partial charge in [0.05, 0.1) is 6.10 Å². The van der Waals surface area contributed by atoms with Crippen molar-refractivity contribution in [3.05, 3.63) is 35.9 Å². The summed E-state index contributed by atoms with van der Waals surface area (Å²) in [7, 11) is 0. The smallest absolute Gasteiger partial charge is 0.410 e. The first kappa shape index (κ1) is 13.8. The summed E-state index contributed by atoms with van der Waals surface area (Å²) < 4.78 is 18.5. The van der Waals surface area contributed by atoms with Crippen molar-refractivity contribution in [2.45, 2.75) is 31.7 Å². The zero-order valence-electron chi connectivity index (χ0n) is 10.7. The predicted molar refractivity (Wildman–Crippen MR) is 68.3 cm³/mol. The minimum Gasteiger partial charge on any atom is -0.445 e. The second-order valence-corrected chi connectivity index (χ2v) is 4.69. The number of rotatable bonds is 2. The topological polar surface area (TPSA) is 49.8 Å². The highest BCUT2D eigenvalue weighted by atomic mass is 19.1. The number of hydrogen-bond acceptors (Lipinski definition) is 3. The summed E-state index contributed by atoms with van der Waals surface area (Å²) in [6.45, 7) is 0.818. The van der Waals surface area contributed by atoms with Gasteiger partial charge in [-0.15, -0.1) is 0 Å². The molecule has 2 atom stereocenters. The van der Waals surface area contributed by atoms with Gasteiger partial charge < -0.3 is 14.7 Å². The molecule has 0 spiro atoms. The number of ether oxygens (including phenoxy) is 1. The number of carbonyl (C=O) groups excluding carboxylic acids is 1. The molecule has 0 aliphatic carbocycles. The van der Waals surface area contributed by atoms with E-state index in [0.717, 1.165) is 5.56 Å². The minimum atomic E-state index is -1.26. The molecule has 0 saturated carbocycles. The van der Waals surface area contributed by atoms with Crippen molar-refractivity contribution >= 4 is 6.09 Å². The zero-order valence-corrected chi connectivity index (χ0v) is 10.7. The number of nitrogens with zero attached hydrogens (tertiary/aromatic N) is 1. The van der Waals surface area contributed by atoms with Crippen molar-refractivity contribution in [2.24, 2.45) is 0 Å². The van der Waals surface area contributed by atoms with Crippen LogP contribution < -0.4 is 0 Å². The standard InChI is InChI=1S/C14H18FNO3/c15-12-6-8-16(9-7-13(12)17)14(18)19-10-11-4-2-1-3-5-11/h1-5,12-13,17H,6-10H2/t12-,13+/m0/s1. The molecule has 0 bridgehead atoms. The summed E-state index contributed by atoms with van der Waals surface area (Å²) in [6, 6.07) is 9.38. The molecule has 0 radical (unpaired) electrons. The summed E-state index contributed by atoms with van der Waals surface area (Å²) in [5.74, 6) is 0. The van der Waals surface area contributed by atoms with Gasteiger partial charge in [0.1, 0.15) is 12.8 Å². The molecule has 5 heteroatoms. The van der Waals surface area contributed by atoms with E-state index in [2.05, 4.69) is 0 Å². The van der Waals surface area contributed by atoms with Gasteiger partial charge in [-0.3, -0.25) is 0 Å². The third-order valence-electron chi connectivity index (χ3n) is 3.25. The summed E-state index contributed by atoms with van der Waals surface area (Å²) in [5.41, 5.74) is 0.911. The van der Waals surface area contributed by atoms with Gasteiger partial charge in [0.15, 0.2) is 0 Å². The molecule has 1 aliphatic heterocycles. The largest absolute Gasteiger partial charge is 0.445 e. The molecule has 4 nitrogen and oxygen atoms in total. The lowest BCUT2D eigenvalue weighted by Crippen LogP contribution is -2.32. The molecule has 104 valence electrons. The Labute approximate surface area is 111 Å². The molecule has 1 saturated heterocycles. The zero-order chi connectivity index (χ0) is 13.7. The lowest BCUT2D eigenvalue weighted by atomic mass is 10.1. The van der Waals surface area contributed by atoms with Crippen LogP contribution in [0.25, 0.3) is 0 Å². The summed E-state index contributed by atoms with van der Waals surface area (Å²) >= 11 is 0. The average molecular weight is 267 g/mol. The molecule has 1 N–H and O–H groups in total. The molecule has 19 heavy (non-hydrogen) atoms. The fourth-order valence-corrected chi connectivity index (χ4v) is 2.05. The second-order valence-electron chi connectivity index (χ2n) is 4.69. The van der Waals surface area contributed by atoms with Crippen molar-refractivity contribution in [1.82, 2.24) is 4.90 Å². The van der Waals surface area contributed by atoms with Gasteiger partial charge in [-0.25, -0.2) is 9.18 Å². The molecule has 1 aliphatic rings. The summed E-state index contributed by atoms with van der Waals surface area (Å²) in [6.07, 6.45) is -2.28. The fourth-order valence-electron chi connectivity index (χ4n) is 2.05. The van der Waals surface area contributed by atoms with Gasteiger partial charge in [0.2, 0.25) is 0 Å². The first-order valence-electron chi connectivity index (χ1n) is 6.44. The Kier molecular flexibility index (Phi) is 4.74. The van der Waals surface area contributed by atoms with E-state index < -0.39 is 18.4 Å². The number of benzene rings is 1. The highest BCUT2D eigenvalue weighted by Crippen LogP contribution is 2.15. The Morgan fingerprint density at radius 2 is 2.00 bits per heavy atom. The first-order chi connectivity index (χ1) is 9.16. The van der Waals surface area contributed by atoms with Crippen LogP contribution in [0.15, 0.2) is 30.3 Å². The monoisotopic (exact) mass is 267 g/mol. The van der Waals surface area contributed by atoms with E-state index in [1.54, 1.807) is 0 Å². The van der Waals surface area contributed by atoms with E-state index in [0.29, 0.717) is 6.54 Å². The molecular weight excluding hydrogens is 249 g/mol. The van der Waals surface area contributed by atoms with Gasteiger partial charge in [0, 0.05) is 13.1 Å². The number of halogens is 1. The third kappa shape index (κ3) is 3.92. The molecular formula is C14H18FNO3. The van der Waals surface area contributed by atoms with Gasteiger partial charge in [-0.2, -0.15) is 0 Å². The third-order valence-corrected chi connectivity index (χ3v) is 3.25. The Balaban J connectivity index is 1.83. The molecule has 1 heterocycles. The quantitative estimate of drug-likeness (QED) is 0.893. The van der Waals surface area contributed by atoms with Crippen molar-refractivity contribution in [3.63, 3.8) is 0 Å². The van der Waals surface area contributed by atoms with Crippen LogP contribution in [-0.2, 0) is 11.3 Å². The normalized spacial score (nSPS) is 23.8. The summed E-state index contributed by atoms with van der Waals surface area (Å²) in [5, 5.41) is 9.41. The van der Waals surface area contributed by atoms with Crippen LogP contribution in [0.1, 0.15) is 18.4 Å². The summed E-state index contributed by atoms with van der Waals surface area (Å²) in [4.78, 5) is 13.3. The van der Waals surface area contributed by atoms with E-state index >= 15 is 0 Å². The van der Waals surface area contributed by atoms with Crippen LogP contribution in [0.2, 0.25) is 0 Å². The average Bonchev–Trinajstić information content (AvgIpc) is 2.60. The maximum absolute atomic E-state index is 13.3. The maximum Gasteiger partial charge on any atom is 0.410 e. The van der Waals surface area contributed by atoms with Crippen molar-refractivity contribution < 1.29 is 19.0 Å². The molecule has 1 aromatic carbocycles. The van der Waals surface area contributed by atoms with Crippen molar-refractivity contribution in [3.8, 4) is 0 Å². The second kappa shape index (κ2) is 6.52. The number of carbonyl (C=O) groups is 1. The van der Waals surface area contributed by atoms with Crippen molar-refractivity contribution in [1.29, 1.82) is 0 Å². The number of aliphatic hydroxyl groups excluding tert-OH is 1. The SMILES string of the molecule is O=C(OCc1ccccc1)N1CC[C@@H](O)[C@@H](F)CC1. The van der Waals surface area contributed by atoms with Gasteiger partial charge in [-0.1, -0.05) is 30.3 Å². The van der Waals surface area contributed by atoms with Crippen LogP contribution in [0.4, 0.5) is 9.18 Å². The lowest BCUT2D eigenvalue weighted by Gasteiger charge is -2.19. The Morgan fingerprint density at radius 1 is 1.32 bits per heavy atom. The number of hydrogen-bond donors (Lipinski definition) is 1. The molecule has 1 aromatic rings. The molecule has 1 fully saturated rings. The number of alkyl halides is 1. The van der Waals surface area contributed by atoms with E-state index in [1.807, 2.05) is 30.3 Å². The van der Waals surface area contributed by atoms with Crippen LogP contribution in [0, 0.1) is 0 Å². The highest BCUT2D eigenvalue weighted by molar-refractivity contribution is 5.67. The Morgan fingerprint density at radius 3 is 2.74 bits per heavy atom. The van der Waals surface area contributed by atoms with Gasteiger partial charge in [0.25, 0.3) is 0 Å². The Bertz CT molecular complexity index is 400. The maximum atomic E-state index is 13.3. The van der Waals surface area contributed by atoms with E-state index in [9.17, 15) is 14.3 Å².